The van der Waals surface area contributed by atoms with Crippen molar-refractivity contribution in [1.82, 2.24) is 14.9 Å². The largest absolute Gasteiger partial charge is 0.371 e. The summed E-state index contributed by atoms with van der Waals surface area (Å²) in [4.78, 5) is 26.9. The molecule has 2 N–H and O–H groups in total. The number of aromatic nitrogens is 2. The monoisotopic (exact) mass is 302 g/mol. The van der Waals surface area contributed by atoms with E-state index < -0.39 is 0 Å². The van der Waals surface area contributed by atoms with Gasteiger partial charge in [0.1, 0.15) is 12.4 Å². The summed E-state index contributed by atoms with van der Waals surface area (Å²) in [5.41, 5.74) is 2.50. The number of carbonyl (C=O) groups is 2. The zero-order valence-corrected chi connectivity index (χ0v) is 12.5. The molecule has 1 aromatic carbocycles. The van der Waals surface area contributed by atoms with E-state index >= 15 is 0 Å². The van der Waals surface area contributed by atoms with Gasteiger partial charge in [0, 0.05) is 26.1 Å². The first-order chi connectivity index (χ1) is 10.5. The second kappa shape index (κ2) is 5.76. The first kappa shape index (κ1) is 14.5. The van der Waals surface area contributed by atoms with Crippen LogP contribution in [0.15, 0.2) is 18.2 Å². The number of fused-ring (bicyclic) bond motifs is 3. The maximum absolute atomic E-state index is 11.1. The van der Waals surface area contributed by atoms with Gasteiger partial charge >= 0.3 is 0 Å². The van der Waals surface area contributed by atoms with Crippen LogP contribution in [0.1, 0.15) is 25.7 Å². The van der Waals surface area contributed by atoms with Crippen LogP contribution in [0.5, 0.6) is 0 Å². The molecule has 2 amide bonds. The van der Waals surface area contributed by atoms with E-state index in [4.69, 9.17) is 4.74 Å². The van der Waals surface area contributed by atoms with Gasteiger partial charge in [0.25, 0.3) is 0 Å². The van der Waals surface area contributed by atoms with Crippen molar-refractivity contribution < 1.29 is 14.3 Å². The molecule has 1 aliphatic heterocycles. The maximum Gasteiger partial charge on any atom is 0.221 e. The van der Waals surface area contributed by atoms with Crippen molar-refractivity contribution in [3.05, 3.63) is 24.0 Å². The van der Waals surface area contributed by atoms with Crippen molar-refractivity contribution in [2.24, 2.45) is 0 Å². The normalized spacial score (nSPS) is 17.1. The molecule has 0 spiro atoms. The number of hydrogen-bond acceptors (Lipinski definition) is 4. The van der Waals surface area contributed by atoms with Crippen molar-refractivity contribution in [3.8, 4) is 0 Å². The van der Waals surface area contributed by atoms with Gasteiger partial charge < -0.3 is 19.9 Å². The fourth-order valence-electron chi connectivity index (χ4n) is 2.71. The summed E-state index contributed by atoms with van der Waals surface area (Å²) < 4.78 is 7.66. The molecule has 0 saturated heterocycles. The van der Waals surface area contributed by atoms with Gasteiger partial charge in [-0.05, 0) is 18.2 Å². The van der Waals surface area contributed by atoms with E-state index in [1.165, 1.54) is 13.8 Å². The second-order valence-corrected chi connectivity index (χ2v) is 5.39. The summed E-state index contributed by atoms with van der Waals surface area (Å²) >= 11 is 0. The molecule has 0 aliphatic carbocycles. The first-order valence-corrected chi connectivity index (χ1v) is 7.15. The molecular formula is C15H18N4O3. The predicted molar refractivity (Wildman–Crippen MR) is 81.4 cm³/mol. The Bertz CT molecular complexity index is 738. The topological polar surface area (TPSA) is 85.2 Å². The summed E-state index contributed by atoms with van der Waals surface area (Å²) in [6.45, 7) is 4.45. The van der Waals surface area contributed by atoms with Gasteiger partial charge in [-0.15, -0.1) is 0 Å². The highest BCUT2D eigenvalue weighted by atomic mass is 16.5. The Labute approximate surface area is 127 Å². The standard InChI is InChI=1S/C15H18N4O3/c1-9(20)16-6-12-7-22-8-15-18-13-5-11(17-10(2)21)3-4-14(13)19(12)15/h3-5,12H,6-8H2,1-2H3,(H,16,20)(H,17,21)/t12-/m0/s1. The van der Waals surface area contributed by atoms with Crippen LogP contribution in [0, 0.1) is 0 Å². The highest BCUT2D eigenvalue weighted by Crippen LogP contribution is 2.27. The molecule has 1 aliphatic rings. The van der Waals surface area contributed by atoms with E-state index in [1.54, 1.807) is 0 Å². The number of amides is 2. The predicted octanol–water partition coefficient (Wildman–Crippen LogP) is 1.20. The molecule has 0 bridgehead atoms. The Morgan fingerprint density at radius 1 is 1.36 bits per heavy atom. The lowest BCUT2D eigenvalue weighted by Crippen LogP contribution is -2.34. The number of carbonyl (C=O) groups excluding carboxylic acids is 2. The van der Waals surface area contributed by atoms with Crippen LogP contribution in [0.2, 0.25) is 0 Å². The van der Waals surface area contributed by atoms with Gasteiger partial charge in [-0.2, -0.15) is 0 Å². The molecule has 3 rings (SSSR count). The molecule has 0 fully saturated rings. The summed E-state index contributed by atoms with van der Waals surface area (Å²) in [6, 6.07) is 5.65. The molecule has 0 unspecified atom stereocenters. The molecule has 22 heavy (non-hydrogen) atoms. The van der Waals surface area contributed by atoms with Crippen molar-refractivity contribution in [1.29, 1.82) is 0 Å². The molecule has 2 aromatic rings. The molecule has 0 saturated carbocycles. The average Bonchev–Trinajstić information content (AvgIpc) is 2.82. The number of imidazole rings is 1. The van der Waals surface area contributed by atoms with Crippen LogP contribution >= 0.6 is 0 Å². The fourth-order valence-corrected chi connectivity index (χ4v) is 2.71. The van der Waals surface area contributed by atoms with Gasteiger partial charge in [0.2, 0.25) is 11.8 Å². The minimum Gasteiger partial charge on any atom is -0.371 e. The van der Waals surface area contributed by atoms with Crippen molar-refractivity contribution >= 4 is 28.5 Å². The van der Waals surface area contributed by atoms with E-state index in [0.29, 0.717) is 19.8 Å². The van der Waals surface area contributed by atoms with E-state index in [2.05, 4.69) is 20.2 Å². The third kappa shape index (κ3) is 2.80. The zero-order chi connectivity index (χ0) is 15.7. The SMILES string of the molecule is CC(=O)NC[C@H]1COCc2nc3cc(NC(C)=O)ccc3n21. The smallest absolute Gasteiger partial charge is 0.221 e. The highest BCUT2D eigenvalue weighted by Gasteiger charge is 2.24. The van der Waals surface area contributed by atoms with Gasteiger partial charge in [0.05, 0.1) is 23.7 Å². The summed E-state index contributed by atoms with van der Waals surface area (Å²) in [6.07, 6.45) is 0. The maximum atomic E-state index is 11.1. The summed E-state index contributed by atoms with van der Waals surface area (Å²) in [5, 5.41) is 5.58. The lowest BCUT2D eigenvalue weighted by molar-refractivity contribution is -0.119. The van der Waals surface area contributed by atoms with Crippen LogP contribution in [-0.2, 0) is 20.9 Å². The van der Waals surface area contributed by atoms with E-state index in [0.717, 1.165) is 22.5 Å². The van der Waals surface area contributed by atoms with Gasteiger partial charge in [-0.25, -0.2) is 4.98 Å². The Hall–Kier alpha value is -2.41. The van der Waals surface area contributed by atoms with Crippen LogP contribution in [0.4, 0.5) is 5.69 Å². The fraction of sp³-hybridized carbons (Fsp3) is 0.400. The van der Waals surface area contributed by atoms with Crippen LogP contribution in [-0.4, -0.2) is 34.5 Å². The van der Waals surface area contributed by atoms with Crippen molar-refractivity contribution in [3.63, 3.8) is 0 Å². The minimum atomic E-state index is -0.116. The average molecular weight is 302 g/mol. The highest BCUT2D eigenvalue weighted by molar-refractivity contribution is 5.91. The number of hydrogen-bond donors (Lipinski definition) is 2. The molecule has 7 nitrogen and oxygen atoms in total. The zero-order valence-electron chi connectivity index (χ0n) is 12.5. The van der Waals surface area contributed by atoms with Gasteiger partial charge in [-0.1, -0.05) is 0 Å². The Kier molecular flexibility index (Phi) is 3.81. The molecule has 2 heterocycles. The third-order valence-electron chi connectivity index (χ3n) is 3.58. The molecule has 7 heteroatoms. The Morgan fingerprint density at radius 2 is 2.18 bits per heavy atom. The van der Waals surface area contributed by atoms with E-state index in [9.17, 15) is 9.59 Å². The molecular weight excluding hydrogens is 284 g/mol. The first-order valence-electron chi connectivity index (χ1n) is 7.15. The van der Waals surface area contributed by atoms with Crippen molar-refractivity contribution in [2.75, 3.05) is 18.5 Å². The van der Waals surface area contributed by atoms with Gasteiger partial charge in [-0.3, -0.25) is 9.59 Å². The van der Waals surface area contributed by atoms with E-state index in [1.807, 2.05) is 18.2 Å². The quantitative estimate of drug-likeness (QED) is 0.892. The third-order valence-corrected chi connectivity index (χ3v) is 3.58. The number of rotatable bonds is 3. The lowest BCUT2D eigenvalue weighted by Gasteiger charge is -2.26. The molecule has 0 radical (unpaired) electrons. The number of nitrogens with zero attached hydrogens (tertiary/aromatic N) is 2. The lowest BCUT2D eigenvalue weighted by atomic mass is 10.2. The summed E-state index contributed by atoms with van der Waals surface area (Å²) in [5.74, 6) is 0.649. The number of nitrogens with one attached hydrogen (secondary N) is 2. The van der Waals surface area contributed by atoms with Gasteiger partial charge in [0.15, 0.2) is 0 Å². The number of anilines is 1. The van der Waals surface area contributed by atoms with Crippen LogP contribution < -0.4 is 10.6 Å². The number of ether oxygens (including phenoxy) is 1. The van der Waals surface area contributed by atoms with Crippen LogP contribution in [0.25, 0.3) is 11.0 Å². The minimum absolute atomic E-state index is 0.0178. The Morgan fingerprint density at radius 3 is 2.91 bits per heavy atom. The summed E-state index contributed by atoms with van der Waals surface area (Å²) in [7, 11) is 0. The van der Waals surface area contributed by atoms with Crippen molar-refractivity contribution in [2.45, 2.75) is 26.5 Å². The van der Waals surface area contributed by atoms with E-state index in [-0.39, 0.29) is 17.9 Å². The molecule has 116 valence electrons. The number of benzene rings is 1. The molecule has 1 atom stereocenters. The van der Waals surface area contributed by atoms with Crippen LogP contribution in [0.3, 0.4) is 0 Å². The Balaban J connectivity index is 1.96. The second-order valence-electron chi connectivity index (χ2n) is 5.39. The molecule has 1 aromatic heterocycles.